The van der Waals surface area contributed by atoms with Crippen molar-refractivity contribution < 1.29 is 30.6 Å². The van der Waals surface area contributed by atoms with Crippen molar-refractivity contribution in [1.82, 2.24) is 0 Å². The monoisotopic (exact) mass is 462 g/mol. The molecular formula is C12H30O6S6. The van der Waals surface area contributed by atoms with Crippen LogP contribution in [0.5, 0.6) is 0 Å². The first-order chi connectivity index (χ1) is 11.2. The van der Waals surface area contributed by atoms with E-state index < -0.39 is 36.6 Å². The minimum absolute atomic E-state index is 0.279. The summed E-state index contributed by atoms with van der Waals surface area (Å²) in [7, 11) is 0. The quantitative estimate of drug-likeness (QED) is 0.194. The van der Waals surface area contributed by atoms with Crippen LogP contribution in [0.15, 0.2) is 0 Å². The molecule has 0 unspecified atom stereocenters. The first-order valence-electron chi connectivity index (χ1n) is 6.90. The molecule has 0 aromatic carbocycles. The average molecular weight is 463 g/mol. The predicted molar refractivity (Wildman–Crippen MR) is 119 cm³/mol. The average Bonchev–Trinajstić information content (AvgIpc) is 2.64. The van der Waals surface area contributed by atoms with E-state index >= 15 is 0 Å². The Balaban J connectivity index is -0.000000276. The Hall–Kier alpha value is 1.86. The SMILES string of the molecule is O[C@@H](CS)[C@@H](O)CS.O[C@H](CS)[C@@H](O)CS.O[C@H](CS)[C@H](O)CS. The summed E-state index contributed by atoms with van der Waals surface area (Å²) in [6.07, 6.45) is -4.44. The summed E-state index contributed by atoms with van der Waals surface area (Å²) in [6.45, 7) is 0. The van der Waals surface area contributed by atoms with E-state index in [9.17, 15) is 0 Å². The number of hydrogen-bond donors (Lipinski definition) is 12. The molecule has 0 rings (SSSR count). The fraction of sp³-hybridized carbons (Fsp3) is 1.00. The highest BCUT2D eigenvalue weighted by Gasteiger charge is 2.12. The van der Waals surface area contributed by atoms with Gasteiger partial charge < -0.3 is 30.6 Å². The Labute approximate surface area is 176 Å². The standard InChI is InChI=1S/3C4H10O2S2/c3*5-3(1-7)4(6)2-8/h3*3-8H,1-2H2/t3-,4+;2*3-,4-/m.10/s1. The van der Waals surface area contributed by atoms with Crippen LogP contribution in [0.1, 0.15) is 0 Å². The summed E-state index contributed by atoms with van der Waals surface area (Å²) < 4.78 is 0. The van der Waals surface area contributed by atoms with Gasteiger partial charge in [0.05, 0.1) is 36.6 Å². The van der Waals surface area contributed by atoms with Gasteiger partial charge in [-0.15, -0.1) is 0 Å². The number of thiol groups is 6. The van der Waals surface area contributed by atoms with Gasteiger partial charge in [0.15, 0.2) is 0 Å². The van der Waals surface area contributed by atoms with Crippen molar-refractivity contribution in [1.29, 1.82) is 0 Å². The number of rotatable bonds is 9. The Kier molecular flexibility index (Phi) is 27.0. The van der Waals surface area contributed by atoms with Crippen LogP contribution in [0.3, 0.4) is 0 Å². The van der Waals surface area contributed by atoms with E-state index in [2.05, 4.69) is 75.8 Å². The zero-order chi connectivity index (χ0) is 19.7. The summed E-state index contributed by atoms with van der Waals surface area (Å²) in [6, 6.07) is 0. The topological polar surface area (TPSA) is 121 Å². The maximum absolute atomic E-state index is 8.75. The molecule has 0 spiro atoms. The maximum atomic E-state index is 8.75. The van der Waals surface area contributed by atoms with E-state index in [1.165, 1.54) is 0 Å². The Morgan fingerprint density at radius 1 is 0.333 bits per heavy atom. The smallest absolute Gasteiger partial charge is 0.0894 e. The molecule has 6 nitrogen and oxygen atoms in total. The van der Waals surface area contributed by atoms with E-state index in [0.29, 0.717) is 0 Å². The zero-order valence-electron chi connectivity index (χ0n) is 13.1. The van der Waals surface area contributed by atoms with Gasteiger partial charge in [0.1, 0.15) is 0 Å². The van der Waals surface area contributed by atoms with Crippen LogP contribution in [0.4, 0.5) is 0 Å². The first kappa shape index (κ1) is 30.6. The molecule has 0 fully saturated rings. The third-order valence-corrected chi connectivity index (χ3v) is 4.70. The Morgan fingerprint density at radius 3 is 0.458 bits per heavy atom. The maximum Gasteiger partial charge on any atom is 0.0894 e. The van der Waals surface area contributed by atoms with Crippen molar-refractivity contribution in [2.45, 2.75) is 36.6 Å². The molecule has 0 aromatic heterocycles. The summed E-state index contributed by atoms with van der Waals surface area (Å²) in [5.74, 6) is 1.68. The van der Waals surface area contributed by atoms with E-state index in [1.807, 2.05) is 0 Å². The van der Waals surface area contributed by atoms with Gasteiger partial charge in [-0.25, -0.2) is 0 Å². The molecule has 0 heterocycles. The van der Waals surface area contributed by atoms with Gasteiger partial charge in [-0.05, 0) is 0 Å². The van der Waals surface area contributed by atoms with Crippen LogP contribution in [0, 0.1) is 0 Å². The van der Waals surface area contributed by atoms with Gasteiger partial charge in [0.25, 0.3) is 0 Å². The molecule has 0 saturated heterocycles. The predicted octanol–water partition coefficient (Wildman–Crippen LogP) is -1.30. The highest BCUT2D eigenvalue weighted by molar-refractivity contribution is 7.81. The molecule has 150 valence electrons. The molecule has 12 heteroatoms. The van der Waals surface area contributed by atoms with Gasteiger partial charge >= 0.3 is 0 Å². The van der Waals surface area contributed by atoms with Crippen molar-refractivity contribution in [3.8, 4) is 0 Å². The minimum Gasteiger partial charge on any atom is -0.390 e. The van der Waals surface area contributed by atoms with Gasteiger partial charge in [0.2, 0.25) is 0 Å². The molecule has 0 radical (unpaired) electrons. The van der Waals surface area contributed by atoms with E-state index in [-0.39, 0.29) is 34.5 Å². The van der Waals surface area contributed by atoms with Crippen molar-refractivity contribution in [2.75, 3.05) is 34.5 Å². The molecule has 0 amide bonds. The second kappa shape index (κ2) is 21.2. The van der Waals surface area contributed by atoms with E-state index in [4.69, 9.17) is 30.6 Å². The molecule has 0 bridgehead atoms. The van der Waals surface area contributed by atoms with Crippen LogP contribution < -0.4 is 0 Å². The van der Waals surface area contributed by atoms with Crippen molar-refractivity contribution >= 4 is 75.8 Å². The van der Waals surface area contributed by atoms with Crippen molar-refractivity contribution in [3.63, 3.8) is 0 Å². The van der Waals surface area contributed by atoms with Crippen molar-refractivity contribution in [3.05, 3.63) is 0 Å². The van der Waals surface area contributed by atoms with Crippen LogP contribution in [-0.4, -0.2) is 102 Å². The zero-order valence-corrected chi connectivity index (χ0v) is 18.4. The highest BCUT2D eigenvalue weighted by Crippen LogP contribution is 1.98. The fourth-order valence-electron chi connectivity index (χ4n) is 0.730. The lowest BCUT2D eigenvalue weighted by Gasteiger charge is -2.11. The largest absolute Gasteiger partial charge is 0.390 e. The Bertz CT molecular complexity index is 194. The third-order valence-electron chi connectivity index (χ3n) is 2.45. The van der Waals surface area contributed by atoms with Gasteiger partial charge in [-0.1, -0.05) is 0 Å². The fourth-order valence-corrected chi connectivity index (χ4v) is 2.19. The molecule has 0 saturated carbocycles. The molecular weight excluding hydrogens is 433 g/mol. The molecule has 0 aromatic rings. The lowest BCUT2D eigenvalue weighted by Crippen LogP contribution is -2.28. The molecule has 24 heavy (non-hydrogen) atoms. The van der Waals surface area contributed by atoms with E-state index in [1.54, 1.807) is 0 Å². The van der Waals surface area contributed by atoms with Crippen LogP contribution in [0.2, 0.25) is 0 Å². The van der Waals surface area contributed by atoms with Crippen molar-refractivity contribution in [2.24, 2.45) is 0 Å². The van der Waals surface area contributed by atoms with Crippen LogP contribution in [-0.2, 0) is 0 Å². The summed E-state index contributed by atoms with van der Waals surface area (Å²) >= 11 is 22.6. The molecule has 6 N–H and O–H groups in total. The number of hydrogen-bond acceptors (Lipinski definition) is 12. The molecule has 0 aliphatic rings. The molecule has 0 aliphatic carbocycles. The van der Waals surface area contributed by atoms with Crippen LogP contribution >= 0.6 is 75.8 Å². The lowest BCUT2D eigenvalue weighted by molar-refractivity contribution is 0.0504. The van der Waals surface area contributed by atoms with Gasteiger partial charge in [-0.3, -0.25) is 0 Å². The van der Waals surface area contributed by atoms with Gasteiger partial charge in [0, 0.05) is 34.5 Å². The molecule has 6 atom stereocenters. The van der Waals surface area contributed by atoms with Crippen LogP contribution in [0.25, 0.3) is 0 Å². The lowest BCUT2D eigenvalue weighted by atomic mass is 10.3. The highest BCUT2D eigenvalue weighted by atomic mass is 32.1. The second-order valence-corrected chi connectivity index (χ2v) is 6.69. The Morgan fingerprint density at radius 2 is 0.417 bits per heavy atom. The summed E-state index contributed by atoms with van der Waals surface area (Å²) in [4.78, 5) is 0. The summed E-state index contributed by atoms with van der Waals surface area (Å²) in [5.41, 5.74) is 0. The minimum atomic E-state index is -0.740. The van der Waals surface area contributed by atoms with E-state index in [0.717, 1.165) is 0 Å². The molecule has 0 aliphatic heterocycles. The number of aliphatic hydroxyl groups is 6. The first-order valence-corrected chi connectivity index (χ1v) is 10.7. The second-order valence-electron chi connectivity index (χ2n) is 4.50. The van der Waals surface area contributed by atoms with Gasteiger partial charge in [-0.2, -0.15) is 75.8 Å². The summed E-state index contributed by atoms with van der Waals surface area (Å²) in [5, 5.41) is 52.5. The number of aliphatic hydroxyl groups excluding tert-OH is 6. The normalized spacial score (nSPS) is 18.0. The third kappa shape index (κ3) is 18.6.